The summed E-state index contributed by atoms with van der Waals surface area (Å²) in [5.41, 5.74) is 12.4. The number of halogens is 2. The summed E-state index contributed by atoms with van der Waals surface area (Å²) in [6.07, 6.45) is 4.69. The molecule has 4 amide bonds. The van der Waals surface area contributed by atoms with Gasteiger partial charge in [0.25, 0.3) is 11.8 Å². The highest BCUT2D eigenvalue weighted by Gasteiger charge is 2.47. The fraction of sp³-hybridized carbons (Fsp3) is 0.435. The van der Waals surface area contributed by atoms with Gasteiger partial charge in [-0.3, -0.25) is 24.7 Å². The number of carbonyl (C=O) groups excluding carboxylic acids is 3. The Morgan fingerprint density at radius 3 is 2.52 bits per heavy atom. The molecule has 5 aromatic rings. The molecule has 4 aliphatic heterocycles. The summed E-state index contributed by atoms with van der Waals surface area (Å²) in [7, 11) is 0. The number of aryl methyl sites for hydroxylation is 2. The number of hydrogen-bond donors (Lipinski definition) is 3. The number of benzene rings is 2. The number of imide groups is 1. The molecule has 4 saturated heterocycles. The lowest BCUT2D eigenvalue weighted by Gasteiger charge is -2.41. The Morgan fingerprint density at radius 1 is 0.984 bits per heavy atom. The molecule has 4 aliphatic rings. The van der Waals surface area contributed by atoms with E-state index in [9.17, 15) is 19.5 Å². The quantitative estimate of drug-likeness (QED) is 0.161. The first-order valence-electron chi connectivity index (χ1n) is 21.6. The maximum Gasteiger partial charge on any atom is 0.328 e. The smallest absolute Gasteiger partial charge is 0.328 e. The first kappa shape index (κ1) is 42.1. The Morgan fingerprint density at radius 2 is 1.78 bits per heavy atom. The minimum atomic E-state index is -3.01. The second-order valence-electron chi connectivity index (χ2n) is 17.5. The lowest BCUT2D eigenvalue weighted by atomic mass is 9.93. The van der Waals surface area contributed by atoms with E-state index in [0.717, 1.165) is 29.5 Å². The van der Waals surface area contributed by atoms with Gasteiger partial charge in [-0.25, -0.2) is 18.6 Å². The standard InChI is InChI=1S/C46H52F2N10O5/c1-27-18-31(8-9-33(27)39-25-56(23-29(3)63-39)37-20-36(52-53-42(37)49)34-6-4-5-7-38(34)59)44(61)55-15-10-30(11-16-55)24-54-14-12-40(46(47,48)26-54)58-22-28(2)35-19-32(21-50-43(35)58)57-17-13-41(60)51-45(57)62/h4-9,18-22,29-30,39-40,59H,10-17,23-26H2,1-3H3,(H2,49,53)(H,51,60,62)/t29-,39-,40-/m0/s1. The van der Waals surface area contributed by atoms with Crippen molar-refractivity contribution in [1.82, 2.24) is 34.9 Å². The highest BCUT2D eigenvalue weighted by molar-refractivity contribution is 6.06. The average Bonchev–Trinajstić information content (AvgIpc) is 3.58. The number of nitrogens with two attached hydrogens (primary N) is 1. The van der Waals surface area contributed by atoms with E-state index in [1.807, 2.05) is 60.9 Å². The first-order chi connectivity index (χ1) is 30.2. The van der Waals surface area contributed by atoms with E-state index >= 15 is 8.78 Å². The van der Waals surface area contributed by atoms with Crippen LogP contribution >= 0.6 is 0 Å². The second-order valence-corrected chi connectivity index (χ2v) is 17.5. The number of nitrogens with one attached hydrogen (secondary N) is 1. The van der Waals surface area contributed by atoms with Crippen molar-refractivity contribution in [3.8, 4) is 17.0 Å². The minimum absolute atomic E-state index is 0.0494. The molecule has 0 unspecified atom stereocenters. The molecule has 0 bridgehead atoms. The van der Waals surface area contributed by atoms with Crippen LogP contribution in [0, 0.1) is 19.8 Å². The Bertz CT molecular complexity index is 2580. The molecule has 9 rings (SSSR count). The minimum Gasteiger partial charge on any atom is -0.507 e. The van der Waals surface area contributed by atoms with E-state index in [0.29, 0.717) is 78.5 Å². The van der Waals surface area contributed by atoms with Crippen LogP contribution in [0.2, 0.25) is 0 Å². The Kier molecular flexibility index (Phi) is 11.2. The highest BCUT2D eigenvalue weighted by atomic mass is 19.3. The zero-order valence-electron chi connectivity index (χ0n) is 35.6. The van der Waals surface area contributed by atoms with Gasteiger partial charge in [-0.15, -0.1) is 10.2 Å². The van der Waals surface area contributed by atoms with Crippen molar-refractivity contribution in [2.24, 2.45) is 5.92 Å². The molecule has 3 atom stereocenters. The number of carbonyl (C=O) groups is 3. The van der Waals surface area contributed by atoms with Crippen molar-refractivity contribution in [1.29, 1.82) is 0 Å². The Labute approximate surface area is 363 Å². The number of nitrogen functional groups attached to an aromatic ring is 1. The van der Waals surface area contributed by atoms with Crippen molar-refractivity contribution in [3.05, 3.63) is 89.2 Å². The number of phenols is 1. The van der Waals surface area contributed by atoms with Gasteiger partial charge in [0, 0.05) is 74.9 Å². The van der Waals surface area contributed by atoms with E-state index < -0.39 is 18.0 Å². The number of ether oxygens (including phenoxy) is 1. The van der Waals surface area contributed by atoms with Gasteiger partial charge in [0.2, 0.25) is 5.91 Å². The van der Waals surface area contributed by atoms with Crippen LogP contribution in [0.25, 0.3) is 22.3 Å². The first-order valence-corrected chi connectivity index (χ1v) is 21.6. The number of nitrogens with zero attached hydrogens (tertiary/aromatic N) is 8. The number of aromatic nitrogens is 4. The second kappa shape index (κ2) is 16.8. The number of fused-ring (bicyclic) bond motifs is 1. The molecule has 17 heteroatoms. The van der Waals surface area contributed by atoms with Crippen LogP contribution in [0.3, 0.4) is 0 Å². The number of amides is 4. The number of anilines is 3. The van der Waals surface area contributed by atoms with Crippen LogP contribution in [0.4, 0.5) is 30.8 Å². The van der Waals surface area contributed by atoms with Gasteiger partial charge >= 0.3 is 6.03 Å². The van der Waals surface area contributed by atoms with Crippen LogP contribution < -0.4 is 20.9 Å². The molecule has 7 heterocycles. The highest BCUT2D eigenvalue weighted by Crippen LogP contribution is 2.41. The number of piperidine rings is 2. The number of alkyl halides is 2. The number of para-hydroxylation sites is 1. The van der Waals surface area contributed by atoms with Gasteiger partial charge in [-0.1, -0.05) is 18.2 Å². The molecule has 2 aromatic carbocycles. The number of phenolic OH excluding ortho intramolecular Hbond substituents is 1. The molecule has 15 nitrogen and oxygen atoms in total. The van der Waals surface area contributed by atoms with Crippen LogP contribution in [0.5, 0.6) is 5.75 Å². The number of morpholine rings is 1. The Hall–Kier alpha value is -6.20. The third kappa shape index (κ3) is 8.38. The SMILES string of the molecule is Cc1cc(C(=O)N2CCC(CN3CC[C@H](n4cc(C)c5cc(N6CCC(=O)NC6=O)cnc54)C(F)(F)C3)CC2)ccc1[C@@H]1CN(c2cc(-c3ccccc3O)nnc2N)C[C@H](C)O1. The summed E-state index contributed by atoms with van der Waals surface area (Å²) in [6.45, 7) is 8.93. The maximum atomic E-state index is 16.0. The molecule has 4 fully saturated rings. The molecule has 3 aromatic heterocycles. The molecule has 4 N–H and O–H groups in total. The number of pyridine rings is 1. The predicted molar refractivity (Wildman–Crippen MR) is 234 cm³/mol. The summed E-state index contributed by atoms with van der Waals surface area (Å²) >= 11 is 0. The number of urea groups is 1. The molecule has 63 heavy (non-hydrogen) atoms. The Balaban J connectivity index is 0.797. The van der Waals surface area contributed by atoms with Gasteiger partial charge in [-0.05, 0) is 99.0 Å². The lowest BCUT2D eigenvalue weighted by Crippen LogP contribution is -2.51. The molecule has 0 spiro atoms. The van der Waals surface area contributed by atoms with Gasteiger partial charge in [0.05, 0.1) is 35.9 Å². The van der Waals surface area contributed by atoms with E-state index in [-0.39, 0.29) is 67.4 Å². The number of hydrogen-bond acceptors (Lipinski definition) is 11. The predicted octanol–water partition coefficient (Wildman–Crippen LogP) is 6.25. The summed E-state index contributed by atoms with van der Waals surface area (Å²) in [6, 6.07) is 14.7. The summed E-state index contributed by atoms with van der Waals surface area (Å²) < 4.78 is 40.1. The summed E-state index contributed by atoms with van der Waals surface area (Å²) in [5, 5.41) is 21.9. The molecule has 0 radical (unpaired) electrons. The third-order valence-electron chi connectivity index (χ3n) is 13.1. The van der Waals surface area contributed by atoms with Gasteiger partial charge in [0.1, 0.15) is 23.5 Å². The van der Waals surface area contributed by atoms with Crippen LogP contribution in [0.15, 0.2) is 67.0 Å². The molecule has 0 saturated carbocycles. The van der Waals surface area contributed by atoms with E-state index in [1.54, 1.807) is 35.0 Å². The number of aromatic hydroxyl groups is 1. The van der Waals surface area contributed by atoms with Crippen LogP contribution in [0.1, 0.15) is 71.8 Å². The van der Waals surface area contributed by atoms with E-state index in [2.05, 4.69) is 25.4 Å². The average molecular weight is 863 g/mol. The number of rotatable bonds is 8. The van der Waals surface area contributed by atoms with Crippen LogP contribution in [-0.4, -0.2) is 117 Å². The summed E-state index contributed by atoms with van der Waals surface area (Å²) in [5.74, 6) is -2.82. The largest absolute Gasteiger partial charge is 0.507 e. The molecule has 0 aliphatic carbocycles. The fourth-order valence-electron chi connectivity index (χ4n) is 9.80. The third-order valence-corrected chi connectivity index (χ3v) is 13.1. The van der Waals surface area contributed by atoms with Gasteiger partial charge in [0.15, 0.2) is 5.82 Å². The number of likely N-dealkylation sites (tertiary alicyclic amines) is 2. The summed E-state index contributed by atoms with van der Waals surface area (Å²) in [4.78, 5) is 49.7. The van der Waals surface area contributed by atoms with Gasteiger partial charge < -0.3 is 29.9 Å². The maximum absolute atomic E-state index is 16.0. The van der Waals surface area contributed by atoms with Crippen molar-refractivity contribution < 1.29 is 33.0 Å². The van der Waals surface area contributed by atoms with E-state index in [4.69, 9.17) is 10.5 Å². The molecular weight excluding hydrogens is 811 g/mol. The fourth-order valence-corrected chi connectivity index (χ4v) is 9.80. The van der Waals surface area contributed by atoms with Crippen molar-refractivity contribution in [3.63, 3.8) is 0 Å². The van der Waals surface area contributed by atoms with Crippen molar-refractivity contribution in [2.45, 2.75) is 70.6 Å². The normalized spacial score (nSPS) is 22.4. The molecule has 330 valence electrons. The van der Waals surface area contributed by atoms with Gasteiger partial charge in [-0.2, -0.15) is 0 Å². The molecular formula is C46H52F2N10O5. The monoisotopic (exact) mass is 862 g/mol. The van der Waals surface area contributed by atoms with Crippen LogP contribution in [-0.2, 0) is 9.53 Å². The van der Waals surface area contributed by atoms with E-state index in [1.165, 1.54) is 11.1 Å². The topological polar surface area (TPSA) is 175 Å². The van der Waals surface area contributed by atoms with Crippen molar-refractivity contribution >= 4 is 46.1 Å². The zero-order chi connectivity index (χ0) is 44.2. The zero-order valence-corrected chi connectivity index (χ0v) is 35.6. The lowest BCUT2D eigenvalue weighted by molar-refractivity contribution is -0.120. The van der Waals surface area contributed by atoms with Crippen molar-refractivity contribution in [2.75, 3.05) is 67.9 Å².